The number of carbonyl (C=O) groups excluding carboxylic acids is 1. The van der Waals surface area contributed by atoms with E-state index in [2.05, 4.69) is 10.0 Å². The molecule has 2 N–H and O–H groups in total. The van der Waals surface area contributed by atoms with Crippen LogP contribution in [0.15, 0.2) is 48.5 Å². The highest BCUT2D eigenvalue weighted by atomic mass is 32.2. The van der Waals surface area contributed by atoms with Gasteiger partial charge in [0.15, 0.2) is 0 Å². The van der Waals surface area contributed by atoms with Gasteiger partial charge in [0.2, 0.25) is 15.9 Å². The second-order valence-corrected chi connectivity index (χ2v) is 8.34. The number of nitrogens with one attached hydrogen (secondary N) is 2. The number of amides is 1. The monoisotopic (exact) mass is 420 g/mol. The number of ether oxygens (including phenoxy) is 2. The van der Waals surface area contributed by atoms with Crippen LogP contribution in [-0.2, 0) is 27.1 Å². The molecule has 7 nitrogen and oxygen atoms in total. The third-order valence-corrected chi connectivity index (χ3v) is 5.47. The lowest BCUT2D eigenvalue weighted by Crippen LogP contribution is -2.23. The fraction of sp³-hybridized carbons (Fsp3) is 0.381. The van der Waals surface area contributed by atoms with Crippen molar-refractivity contribution in [1.82, 2.24) is 10.0 Å². The minimum Gasteiger partial charge on any atom is -0.494 e. The van der Waals surface area contributed by atoms with E-state index in [0.29, 0.717) is 38.2 Å². The molecule has 0 heterocycles. The molecule has 0 atom stereocenters. The van der Waals surface area contributed by atoms with E-state index in [4.69, 9.17) is 9.47 Å². The molecule has 0 fully saturated rings. The zero-order valence-corrected chi connectivity index (χ0v) is 17.6. The smallest absolute Gasteiger partial charge is 0.220 e. The van der Waals surface area contributed by atoms with Gasteiger partial charge in [-0.05, 0) is 55.8 Å². The van der Waals surface area contributed by atoms with Gasteiger partial charge in [0.25, 0.3) is 0 Å². The molecule has 2 aromatic rings. The number of hydrogen-bond donors (Lipinski definition) is 2. The van der Waals surface area contributed by atoms with Crippen LogP contribution in [0.2, 0.25) is 0 Å². The summed E-state index contributed by atoms with van der Waals surface area (Å²) < 4.78 is 36.4. The summed E-state index contributed by atoms with van der Waals surface area (Å²) in [7, 11) is -1.90. The molecule has 0 radical (unpaired) electrons. The Morgan fingerprint density at radius 2 is 1.52 bits per heavy atom. The van der Waals surface area contributed by atoms with Crippen molar-refractivity contribution in [1.29, 1.82) is 0 Å². The summed E-state index contributed by atoms with van der Waals surface area (Å²) in [5.41, 5.74) is 1.61. The van der Waals surface area contributed by atoms with Crippen LogP contribution >= 0.6 is 0 Å². The average molecular weight is 421 g/mol. The molecule has 0 spiro atoms. The molecule has 0 saturated heterocycles. The lowest BCUT2D eigenvalue weighted by molar-refractivity contribution is -0.121. The first-order chi connectivity index (χ1) is 13.9. The highest BCUT2D eigenvalue weighted by Crippen LogP contribution is 2.17. The molecule has 0 bridgehead atoms. The largest absolute Gasteiger partial charge is 0.494 e. The van der Waals surface area contributed by atoms with Gasteiger partial charge >= 0.3 is 0 Å². The SMILES string of the molecule is CCOc1ccc(OCCCC(=O)NCc2ccc(CS(=O)(=O)NC)cc2)cc1. The summed E-state index contributed by atoms with van der Waals surface area (Å²) in [5.74, 6) is 1.43. The summed E-state index contributed by atoms with van der Waals surface area (Å²) >= 11 is 0. The number of rotatable bonds is 12. The third-order valence-electron chi connectivity index (χ3n) is 4.13. The van der Waals surface area contributed by atoms with E-state index in [9.17, 15) is 13.2 Å². The Labute approximate surface area is 172 Å². The Bertz CT molecular complexity index is 865. The molecule has 158 valence electrons. The van der Waals surface area contributed by atoms with Gasteiger partial charge in [-0.1, -0.05) is 24.3 Å². The zero-order chi connectivity index (χ0) is 21.1. The predicted molar refractivity (Wildman–Crippen MR) is 112 cm³/mol. The standard InChI is InChI=1S/C21H28N2O5S/c1-3-27-19-10-12-20(13-11-19)28-14-4-5-21(24)23-15-17-6-8-18(9-7-17)16-29(25,26)22-2/h6-13,22H,3-5,14-16H2,1-2H3,(H,23,24). The molecular formula is C21H28N2O5S. The number of carbonyl (C=O) groups is 1. The molecule has 2 aromatic carbocycles. The fourth-order valence-corrected chi connectivity index (χ4v) is 3.33. The first-order valence-electron chi connectivity index (χ1n) is 9.53. The van der Waals surface area contributed by atoms with E-state index in [1.54, 1.807) is 12.1 Å². The van der Waals surface area contributed by atoms with Crippen molar-refractivity contribution < 1.29 is 22.7 Å². The summed E-state index contributed by atoms with van der Waals surface area (Å²) in [6.07, 6.45) is 0.982. The van der Waals surface area contributed by atoms with Crippen LogP contribution in [0.25, 0.3) is 0 Å². The molecule has 0 aliphatic rings. The number of hydrogen-bond acceptors (Lipinski definition) is 5. The number of benzene rings is 2. The Morgan fingerprint density at radius 3 is 2.10 bits per heavy atom. The molecule has 0 aliphatic carbocycles. The Morgan fingerprint density at radius 1 is 0.931 bits per heavy atom. The predicted octanol–water partition coefficient (Wildman–Crippen LogP) is 2.61. The van der Waals surface area contributed by atoms with Crippen molar-refractivity contribution >= 4 is 15.9 Å². The average Bonchev–Trinajstić information content (AvgIpc) is 2.72. The molecule has 0 aliphatic heterocycles. The Balaban J connectivity index is 1.65. The van der Waals surface area contributed by atoms with Gasteiger partial charge in [0, 0.05) is 13.0 Å². The van der Waals surface area contributed by atoms with Crippen molar-refractivity contribution in [3.63, 3.8) is 0 Å². The van der Waals surface area contributed by atoms with Gasteiger partial charge < -0.3 is 14.8 Å². The van der Waals surface area contributed by atoms with Crippen LogP contribution < -0.4 is 19.5 Å². The van der Waals surface area contributed by atoms with Crippen LogP contribution in [0, 0.1) is 0 Å². The highest BCUT2D eigenvalue weighted by Gasteiger charge is 2.08. The van der Waals surface area contributed by atoms with E-state index < -0.39 is 10.0 Å². The maximum absolute atomic E-state index is 12.0. The minimum atomic E-state index is -3.29. The first kappa shape index (κ1) is 22.7. The summed E-state index contributed by atoms with van der Waals surface area (Å²) in [6.45, 7) is 3.41. The number of sulfonamides is 1. The lowest BCUT2D eigenvalue weighted by atomic mass is 10.1. The molecular weight excluding hydrogens is 392 g/mol. The molecule has 0 aromatic heterocycles. The van der Waals surface area contributed by atoms with Gasteiger partial charge in [-0.3, -0.25) is 4.79 Å². The molecule has 1 amide bonds. The van der Waals surface area contributed by atoms with Crippen LogP contribution in [0.5, 0.6) is 11.5 Å². The van der Waals surface area contributed by atoms with E-state index in [1.807, 2.05) is 43.3 Å². The highest BCUT2D eigenvalue weighted by molar-refractivity contribution is 7.88. The van der Waals surface area contributed by atoms with Gasteiger partial charge in [-0.15, -0.1) is 0 Å². The van der Waals surface area contributed by atoms with Crippen molar-refractivity contribution in [3.05, 3.63) is 59.7 Å². The quantitative estimate of drug-likeness (QED) is 0.515. The molecule has 2 rings (SSSR count). The molecule has 8 heteroatoms. The lowest BCUT2D eigenvalue weighted by Gasteiger charge is -2.09. The summed E-state index contributed by atoms with van der Waals surface area (Å²) in [4.78, 5) is 12.0. The molecule has 0 saturated carbocycles. The fourth-order valence-electron chi connectivity index (χ4n) is 2.56. The Kier molecular flexibility index (Phi) is 8.95. The van der Waals surface area contributed by atoms with Gasteiger partial charge in [0.05, 0.1) is 19.0 Å². The van der Waals surface area contributed by atoms with Gasteiger partial charge in [-0.25, -0.2) is 13.1 Å². The van der Waals surface area contributed by atoms with Crippen LogP contribution in [0.1, 0.15) is 30.9 Å². The molecule has 0 unspecified atom stereocenters. The van der Waals surface area contributed by atoms with Crippen LogP contribution in [0.4, 0.5) is 0 Å². The van der Waals surface area contributed by atoms with E-state index in [1.165, 1.54) is 7.05 Å². The minimum absolute atomic E-state index is 0.0536. The van der Waals surface area contributed by atoms with E-state index in [-0.39, 0.29) is 11.7 Å². The van der Waals surface area contributed by atoms with Crippen LogP contribution in [-0.4, -0.2) is 34.6 Å². The second-order valence-electron chi connectivity index (χ2n) is 6.41. The maximum Gasteiger partial charge on any atom is 0.220 e. The first-order valence-corrected chi connectivity index (χ1v) is 11.2. The van der Waals surface area contributed by atoms with Gasteiger partial charge in [0.1, 0.15) is 11.5 Å². The van der Waals surface area contributed by atoms with Gasteiger partial charge in [-0.2, -0.15) is 0 Å². The normalized spacial score (nSPS) is 11.1. The zero-order valence-electron chi connectivity index (χ0n) is 16.8. The summed E-state index contributed by atoms with van der Waals surface area (Å²) in [6, 6.07) is 14.5. The van der Waals surface area contributed by atoms with E-state index in [0.717, 1.165) is 17.1 Å². The van der Waals surface area contributed by atoms with Crippen molar-refractivity contribution in [2.75, 3.05) is 20.3 Å². The van der Waals surface area contributed by atoms with Crippen molar-refractivity contribution in [2.24, 2.45) is 0 Å². The second kappa shape index (κ2) is 11.4. The molecule has 29 heavy (non-hydrogen) atoms. The van der Waals surface area contributed by atoms with Crippen molar-refractivity contribution in [3.8, 4) is 11.5 Å². The topological polar surface area (TPSA) is 93.7 Å². The van der Waals surface area contributed by atoms with Crippen LogP contribution in [0.3, 0.4) is 0 Å². The van der Waals surface area contributed by atoms with Crippen molar-refractivity contribution in [2.45, 2.75) is 32.1 Å². The maximum atomic E-state index is 12.0. The van der Waals surface area contributed by atoms with E-state index >= 15 is 0 Å². The summed E-state index contributed by atoms with van der Waals surface area (Å²) in [5, 5.41) is 2.86. The Hall–Kier alpha value is -2.58. The third kappa shape index (κ3) is 8.53.